The Bertz CT molecular complexity index is 1070. The number of nitriles is 1. The van der Waals surface area contributed by atoms with Gasteiger partial charge in [0.2, 0.25) is 0 Å². The second-order valence-corrected chi connectivity index (χ2v) is 7.55. The molecule has 0 bridgehead atoms. The quantitative estimate of drug-likeness (QED) is 0.615. The highest BCUT2D eigenvalue weighted by Crippen LogP contribution is 2.42. The van der Waals surface area contributed by atoms with Crippen molar-refractivity contribution in [2.75, 3.05) is 11.4 Å². The molecule has 138 valence electrons. The van der Waals surface area contributed by atoms with Crippen LogP contribution in [0.3, 0.4) is 0 Å². The van der Waals surface area contributed by atoms with Gasteiger partial charge in [0.05, 0.1) is 34.8 Å². The summed E-state index contributed by atoms with van der Waals surface area (Å²) in [6, 6.07) is 7.90. The van der Waals surface area contributed by atoms with Gasteiger partial charge in [0, 0.05) is 17.3 Å². The first-order valence-electron chi connectivity index (χ1n) is 8.88. The molecule has 3 heterocycles. The van der Waals surface area contributed by atoms with Crippen molar-refractivity contribution in [2.24, 2.45) is 0 Å². The van der Waals surface area contributed by atoms with Gasteiger partial charge in [0.15, 0.2) is 11.3 Å². The summed E-state index contributed by atoms with van der Waals surface area (Å²) in [7, 11) is 0. The van der Waals surface area contributed by atoms with Crippen molar-refractivity contribution in [1.82, 2.24) is 20.0 Å². The molecule has 0 fully saturated rings. The van der Waals surface area contributed by atoms with Crippen LogP contribution in [0.15, 0.2) is 18.2 Å². The lowest BCUT2D eigenvalue weighted by Crippen LogP contribution is -2.16. The summed E-state index contributed by atoms with van der Waals surface area (Å²) in [6.45, 7) is 4.75. The SMILES string of the molecule is CC[C@H](CC#N)n1nnc2c(N3CCc4cc(Cl)cc(Cl)c43)nc(C)cc21. The molecular weight excluding hydrogens is 383 g/mol. The van der Waals surface area contributed by atoms with Crippen LogP contribution in [0.25, 0.3) is 11.0 Å². The molecule has 8 heteroatoms. The van der Waals surface area contributed by atoms with Gasteiger partial charge >= 0.3 is 0 Å². The zero-order chi connectivity index (χ0) is 19.1. The van der Waals surface area contributed by atoms with E-state index in [1.165, 1.54) is 0 Å². The summed E-state index contributed by atoms with van der Waals surface area (Å²) >= 11 is 12.7. The molecule has 4 rings (SSSR count). The smallest absolute Gasteiger partial charge is 0.163 e. The molecule has 0 saturated heterocycles. The second-order valence-electron chi connectivity index (χ2n) is 6.71. The van der Waals surface area contributed by atoms with Crippen LogP contribution in [0.1, 0.15) is 37.1 Å². The van der Waals surface area contributed by atoms with Crippen LogP contribution in [0, 0.1) is 18.3 Å². The van der Waals surface area contributed by atoms with E-state index >= 15 is 0 Å². The number of halogens is 2. The zero-order valence-electron chi connectivity index (χ0n) is 15.1. The first-order valence-corrected chi connectivity index (χ1v) is 9.64. The Hall–Kier alpha value is -2.36. The molecule has 0 aliphatic carbocycles. The summed E-state index contributed by atoms with van der Waals surface area (Å²) in [5.41, 5.74) is 4.51. The lowest BCUT2D eigenvalue weighted by Gasteiger charge is -2.20. The second kappa shape index (κ2) is 6.99. The summed E-state index contributed by atoms with van der Waals surface area (Å²) in [4.78, 5) is 6.83. The lowest BCUT2D eigenvalue weighted by molar-refractivity contribution is 0.449. The average Bonchev–Trinajstić information content (AvgIpc) is 3.23. The maximum atomic E-state index is 9.13. The summed E-state index contributed by atoms with van der Waals surface area (Å²) in [6.07, 6.45) is 2.04. The third-order valence-electron chi connectivity index (χ3n) is 4.95. The van der Waals surface area contributed by atoms with E-state index in [1.807, 2.05) is 30.7 Å². The van der Waals surface area contributed by atoms with Gasteiger partial charge in [-0.1, -0.05) is 35.3 Å². The van der Waals surface area contributed by atoms with E-state index in [1.54, 1.807) is 6.07 Å². The van der Waals surface area contributed by atoms with Crippen molar-refractivity contribution >= 4 is 45.7 Å². The molecule has 0 unspecified atom stereocenters. The number of pyridine rings is 1. The fourth-order valence-corrected chi connectivity index (χ4v) is 4.32. The topological polar surface area (TPSA) is 70.6 Å². The highest BCUT2D eigenvalue weighted by Gasteiger charge is 2.28. The minimum Gasteiger partial charge on any atom is -0.323 e. The van der Waals surface area contributed by atoms with Gasteiger partial charge in [0.1, 0.15) is 0 Å². The minimum absolute atomic E-state index is 0.0112. The van der Waals surface area contributed by atoms with Crippen LogP contribution in [0.5, 0.6) is 0 Å². The zero-order valence-corrected chi connectivity index (χ0v) is 16.6. The highest BCUT2D eigenvalue weighted by atomic mass is 35.5. The Labute approximate surface area is 167 Å². The van der Waals surface area contributed by atoms with Gasteiger partial charge in [-0.15, -0.1) is 5.10 Å². The molecule has 1 aliphatic rings. The number of aryl methyl sites for hydroxylation is 1. The average molecular weight is 401 g/mol. The standard InChI is InChI=1S/C19H18Cl2N6/c1-3-14(4-6-22)27-16-8-11(2)23-19(17(16)24-25-27)26-7-5-12-9-13(20)10-15(21)18(12)26/h8-10,14H,3-5,7H2,1-2H3/t14-/m1/s1. The largest absolute Gasteiger partial charge is 0.323 e. The first-order chi connectivity index (χ1) is 13.0. The van der Waals surface area contributed by atoms with Gasteiger partial charge in [0.25, 0.3) is 0 Å². The number of rotatable bonds is 4. The predicted molar refractivity (Wildman–Crippen MR) is 107 cm³/mol. The van der Waals surface area contributed by atoms with Crippen LogP contribution >= 0.6 is 23.2 Å². The van der Waals surface area contributed by atoms with Gasteiger partial charge in [-0.25, -0.2) is 9.67 Å². The maximum absolute atomic E-state index is 9.13. The van der Waals surface area contributed by atoms with Crippen LogP contribution in [-0.4, -0.2) is 26.5 Å². The number of anilines is 2. The van der Waals surface area contributed by atoms with E-state index in [0.29, 0.717) is 16.5 Å². The molecule has 2 aromatic heterocycles. The molecule has 1 atom stereocenters. The van der Waals surface area contributed by atoms with Gasteiger partial charge in [-0.2, -0.15) is 5.26 Å². The lowest BCUT2D eigenvalue weighted by atomic mass is 10.1. The van der Waals surface area contributed by atoms with Crippen molar-refractivity contribution < 1.29 is 0 Å². The Kier molecular flexibility index (Phi) is 4.67. The third kappa shape index (κ3) is 3.01. The minimum atomic E-state index is -0.0112. The van der Waals surface area contributed by atoms with Crippen LogP contribution in [0.4, 0.5) is 11.5 Å². The van der Waals surface area contributed by atoms with E-state index in [2.05, 4.69) is 21.3 Å². The van der Waals surface area contributed by atoms with Gasteiger partial charge < -0.3 is 4.90 Å². The van der Waals surface area contributed by atoms with E-state index in [9.17, 15) is 0 Å². The molecule has 0 N–H and O–H groups in total. The van der Waals surface area contributed by atoms with Gasteiger partial charge in [-0.05, 0) is 43.5 Å². The van der Waals surface area contributed by atoms with E-state index in [-0.39, 0.29) is 6.04 Å². The molecule has 27 heavy (non-hydrogen) atoms. The van der Waals surface area contributed by atoms with E-state index in [0.717, 1.165) is 53.2 Å². The van der Waals surface area contributed by atoms with Crippen LogP contribution < -0.4 is 4.90 Å². The Morgan fingerprint density at radius 3 is 2.85 bits per heavy atom. The van der Waals surface area contributed by atoms with Crippen LogP contribution in [0.2, 0.25) is 10.0 Å². The number of benzene rings is 1. The Morgan fingerprint density at radius 2 is 2.11 bits per heavy atom. The molecular formula is C19H18Cl2N6. The first kappa shape index (κ1) is 18.0. The van der Waals surface area contributed by atoms with Crippen molar-refractivity contribution in [3.8, 4) is 6.07 Å². The monoisotopic (exact) mass is 400 g/mol. The number of hydrogen-bond acceptors (Lipinski definition) is 5. The number of fused-ring (bicyclic) bond motifs is 2. The normalized spacial score (nSPS) is 14.4. The Morgan fingerprint density at radius 1 is 1.30 bits per heavy atom. The molecule has 3 aromatic rings. The molecule has 0 saturated carbocycles. The summed E-state index contributed by atoms with van der Waals surface area (Å²) in [5.74, 6) is 0.742. The summed E-state index contributed by atoms with van der Waals surface area (Å²) < 4.78 is 1.84. The fraction of sp³-hybridized carbons (Fsp3) is 0.368. The molecule has 6 nitrogen and oxygen atoms in total. The predicted octanol–water partition coefficient (Wildman–Crippen LogP) is 5.00. The third-order valence-corrected chi connectivity index (χ3v) is 5.46. The molecule has 1 aliphatic heterocycles. The van der Waals surface area contributed by atoms with E-state index < -0.39 is 0 Å². The molecule has 1 aromatic carbocycles. The molecule has 0 amide bonds. The number of nitrogens with zero attached hydrogens (tertiary/aromatic N) is 6. The fourth-order valence-electron chi connectivity index (χ4n) is 3.68. The van der Waals surface area contributed by atoms with Crippen molar-refractivity contribution in [3.05, 3.63) is 39.5 Å². The number of hydrogen-bond donors (Lipinski definition) is 0. The highest BCUT2D eigenvalue weighted by molar-refractivity contribution is 6.37. The maximum Gasteiger partial charge on any atom is 0.163 e. The molecule has 0 spiro atoms. The van der Waals surface area contributed by atoms with Gasteiger partial charge in [-0.3, -0.25) is 0 Å². The summed E-state index contributed by atoms with van der Waals surface area (Å²) in [5, 5.41) is 19.1. The van der Waals surface area contributed by atoms with Crippen molar-refractivity contribution in [2.45, 2.75) is 39.2 Å². The molecule has 0 radical (unpaired) electrons. The van der Waals surface area contributed by atoms with Crippen molar-refractivity contribution in [3.63, 3.8) is 0 Å². The van der Waals surface area contributed by atoms with Crippen LogP contribution in [-0.2, 0) is 6.42 Å². The Balaban J connectivity index is 1.88. The number of aromatic nitrogens is 4. The van der Waals surface area contributed by atoms with E-state index in [4.69, 9.17) is 33.4 Å². The van der Waals surface area contributed by atoms with Crippen molar-refractivity contribution in [1.29, 1.82) is 5.26 Å².